The molecule has 4 bridgehead atoms. The van der Waals surface area contributed by atoms with E-state index in [2.05, 4.69) is 21.2 Å². The van der Waals surface area contributed by atoms with Gasteiger partial charge in [0.15, 0.2) is 5.76 Å². The Morgan fingerprint density at radius 2 is 1.74 bits per heavy atom. The summed E-state index contributed by atoms with van der Waals surface area (Å²) in [5.41, 5.74) is 0.792. The molecule has 0 saturated heterocycles. The summed E-state index contributed by atoms with van der Waals surface area (Å²) in [7, 11) is 0. The molecular formula is C19H20BrNO2. The molecule has 0 atom stereocenters. The van der Waals surface area contributed by atoms with E-state index in [4.69, 9.17) is 4.42 Å². The van der Waals surface area contributed by atoms with Crippen LogP contribution in [-0.4, -0.2) is 11.4 Å². The first-order valence-electron chi connectivity index (χ1n) is 8.60. The number of benzene rings is 1. The monoisotopic (exact) mass is 373 g/mol. The van der Waals surface area contributed by atoms with Crippen molar-refractivity contribution in [1.82, 2.24) is 5.32 Å². The van der Waals surface area contributed by atoms with Gasteiger partial charge in [0.1, 0.15) is 5.58 Å². The number of carbonyl (C=O) groups excluding carboxylic acids is 1. The molecule has 1 heterocycles. The molecule has 1 aromatic carbocycles. The summed E-state index contributed by atoms with van der Waals surface area (Å²) in [4.78, 5) is 12.8. The fourth-order valence-electron chi connectivity index (χ4n) is 5.68. The Hall–Kier alpha value is -1.29. The molecule has 1 amide bonds. The SMILES string of the molecule is O=C(NC12CC3CC(CC(C3)C1)C2)c1cc2ccc(Br)cc2o1. The molecule has 4 saturated carbocycles. The highest BCUT2D eigenvalue weighted by Crippen LogP contribution is 2.55. The van der Waals surface area contributed by atoms with Gasteiger partial charge in [0.2, 0.25) is 0 Å². The van der Waals surface area contributed by atoms with Gasteiger partial charge in [0, 0.05) is 15.4 Å². The molecule has 120 valence electrons. The van der Waals surface area contributed by atoms with Crippen LogP contribution in [0.1, 0.15) is 49.1 Å². The van der Waals surface area contributed by atoms with Crippen LogP contribution in [0.4, 0.5) is 0 Å². The van der Waals surface area contributed by atoms with Crippen molar-refractivity contribution in [2.24, 2.45) is 17.8 Å². The minimum Gasteiger partial charge on any atom is -0.451 e. The predicted octanol–water partition coefficient (Wildman–Crippen LogP) is 4.89. The standard InChI is InChI=1S/C19H20BrNO2/c20-15-2-1-14-6-17(23-16(14)7-15)18(22)21-19-8-11-3-12(9-19)5-13(4-11)10-19/h1-2,6-7,11-13H,3-5,8-10H2,(H,21,22). The van der Waals surface area contributed by atoms with Crippen molar-refractivity contribution < 1.29 is 9.21 Å². The third-order valence-electron chi connectivity index (χ3n) is 6.12. The third kappa shape index (κ3) is 2.34. The number of hydrogen-bond donors (Lipinski definition) is 1. The van der Waals surface area contributed by atoms with Gasteiger partial charge in [-0.3, -0.25) is 4.79 Å². The van der Waals surface area contributed by atoms with E-state index in [0.29, 0.717) is 5.76 Å². The lowest BCUT2D eigenvalue weighted by Crippen LogP contribution is -2.59. The largest absolute Gasteiger partial charge is 0.451 e. The van der Waals surface area contributed by atoms with E-state index >= 15 is 0 Å². The zero-order valence-corrected chi connectivity index (χ0v) is 14.6. The lowest BCUT2D eigenvalue weighted by molar-refractivity contribution is -0.0171. The van der Waals surface area contributed by atoms with Crippen LogP contribution >= 0.6 is 15.9 Å². The number of amides is 1. The molecule has 0 unspecified atom stereocenters. The number of carbonyl (C=O) groups is 1. The van der Waals surface area contributed by atoms with Crippen LogP contribution in [0.25, 0.3) is 11.0 Å². The zero-order chi connectivity index (χ0) is 15.6. The zero-order valence-electron chi connectivity index (χ0n) is 13.0. The molecular weight excluding hydrogens is 354 g/mol. The van der Waals surface area contributed by atoms with Crippen molar-refractivity contribution in [3.8, 4) is 0 Å². The van der Waals surface area contributed by atoms with Gasteiger partial charge in [-0.1, -0.05) is 15.9 Å². The van der Waals surface area contributed by atoms with Crippen LogP contribution in [0.5, 0.6) is 0 Å². The Morgan fingerprint density at radius 1 is 1.09 bits per heavy atom. The Kier molecular flexibility index (Phi) is 2.97. The molecule has 0 spiro atoms. The summed E-state index contributed by atoms with van der Waals surface area (Å²) in [6.45, 7) is 0. The molecule has 1 aromatic heterocycles. The van der Waals surface area contributed by atoms with Gasteiger partial charge in [0.25, 0.3) is 5.91 Å². The number of furan rings is 1. The summed E-state index contributed by atoms with van der Waals surface area (Å²) in [6.07, 6.45) is 7.64. The van der Waals surface area contributed by atoms with Gasteiger partial charge in [0.05, 0.1) is 0 Å². The van der Waals surface area contributed by atoms with Gasteiger partial charge in [-0.25, -0.2) is 0 Å². The Bertz CT molecular complexity index is 758. The molecule has 2 aromatic rings. The van der Waals surface area contributed by atoms with E-state index in [1.165, 1.54) is 19.3 Å². The first-order valence-corrected chi connectivity index (χ1v) is 9.39. The summed E-state index contributed by atoms with van der Waals surface area (Å²) in [6, 6.07) is 7.72. The van der Waals surface area contributed by atoms with E-state index in [1.807, 2.05) is 24.3 Å². The second-order valence-electron chi connectivity index (χ2n) is 7.94. The highest BCUT2D eigenvalue weighted by molar-refractivity contribution is 9.10. The molecule has 4 aliphatic carbocycles. The van der Waals surface area contributed by atoms with Crippen molar-refractivity contribution in [3.05, 3.63) is 34.5 Å². The molecule has 3 nitrogen and oxygen atoms in total. The van der Waals surface area contributed by atoms with Crippen LogP contribution < -0.4 is 5.32 Å². The van der Waals surface area contributed by atoms with Crippen LogP contribution in [0, 0.1) is 17.8 Å². The maximum absolute atomic E-state index is 12.8. The van der Waals surface area contributed by atoms with Crippen molar-refractivity contribution in [3.63, 3.8) is 0 Å². The molecule has 0 radical (unpaired) electrons. The fourth-order valence-corrected chi connectivity index (χ4v) is 6.02. The van der Waals surface area contributed by atoms with Crippen molar-refractivity contribution >= 4 is 32.8 Å². The number of fused-ring (bicyclic) bond motifs is 1. The van der Waals surface area contributed by atoms with Crippen LogP contribution in [0.2, 0.25) is 0 Å². The Morgan fingerprint density at radius 3 is 2.39 bits per heavy atom. The van der Waals surface area contributed by atoms with Crippen molar-refractivity contribution in [2.45, 2.75) is 44.1 Å². The maximum Gasteiger partial charge on any atom is 0.287 e. The average molecular weight is 374 g/mol. The van der Waals surface area contributed by atoms with Crippen LogP contribution in [0.3, 0.4) is 0 Å². The summed E-state index contributed by atoms with van der Waals surface area (Å²) >= 11 is 3.44. The maximum atomic E-state index is 12.8. The summed E-state index contributed by atoms with van der Waals surface area (Å²) in [5.74, 6) is 2.88. The van der Waals surface area contributed by atoms with E-state index < -0.39 is 0 Å². The smallest absolute Gasteiger partial charge is 0.287 e. The van der Waals surface area contributed by atoms with Gasteiger partial charge >= 0.3 is 0 Å². The second kappa shape index (κ2) is 4.85. The highest BCUT2D eigenvalue weighted by atomic mass is 79.9. The van der Waals surface area contributed by atoms with Gasteiger partial charge < -0.3 is 9.73 Å². The summed E-state index contributed by atoms with van der Waals surface area (Å²) in [5, 5.41) is 4.35. The number of hydrogen-bond acceptors (Lipinski definition) is 2. The van der Waals surface area contributed by atoms with Crippen molar-refractivity contribution in [1.29, 1.82) is 0 Å². The predicted molar refractivity (Wildman–Crippen MR) is 92.3 cm³/mol. The molecule has 23 heavy (non-hydrogen) atoms. The molecule has 4 fully saturated rings. The third-order valence-corrected chi connectivity index (χ3v) is 6.62. The topological polar surface area (TPSA) is 42.2 Å². The van der Waals surface area contributed by atoms with Gasteiger partial charge in [-0.05, 0) is 80.5 Å². The molecule has 6 rings (SSSR count). The highest BCUT2D eigenvalue weighted by Gasteiger charge is 2.51. The Balaban J connectivity index is 1.42. The minimum absolute atomic E-state index is 0.0331. The molecule has 4 aliphatic rings. The number of halogens is 1. The fraction of sp³-hybridized carbons (Fsp3) is 0.526. The molecule has 4 heteroatoms. The van der Waals surface area contributed by atoms with Gasteiger partial charge in [-0.15, -0.1) is 0 Å². The van der Waals surface area contributed by atoms with E-state index in [1.54, 1.807) is 0 Å². The first kappa shape index (κ1) is 14.1. The quantitative estimate of drug-likeness (QED) is 0.813. The molecule has 1 N–H and O–H groups in total. The van der Waals surface area contributed by atoms with E-state index in [9.17, 15) is 4.79 Å². The minimum atomic E-state index is -0.0423. The summed E-state index contributed by atoms with van der Waals surface area (Å²) < 4.78 is 6.75. The average Bonchev–Trinajstić information content (AvgIpc) is 2.88. The normalized spacial score (nSPS) is 34.9. The van der Waals surface area contributed by atoms with Crippen molar-refractivity contribution in [2.75, 3.05) is 0 Å². The van der Waals surface area contributed by atoms with Crippen LogP contribution in [-0.2, 0) is 0 Å². The van der Waals surface area contributed by atoms with Crippen LogP contribution in [0.15, 0.2) is 33.2 Å². The first-order chi connectivity index (χ1) is 11.1. The Labute approximate surface area is 143 Å². The van der Waals surface area contributed by atoms with Gasteiger partial charge in [-0.2, -0.15) is 0 Å². The number of rotatable bonds is 2. The lowest BCUT2D eigenvalue weighted by atomic mass is 9.53. The van der Waals surface area contributed by atoms with E-state index in [-0.39, 0.29) is 11.4 Å². The molecule has 0 aliphatic heterocycles. The van der Waals surface area contributed by atoms with E-state index in [0.717, 1.165) is 52.5 Å². The number of nitrogens with one attached hydrogen (secondary N) is 1. The second-order valence-corrected chi connectivity index (χ2v) is 8.86. The lowest BCUT2D eigenvalue weighted by Gasteiger charge is -2.56.